The molecular formula is C19H30O3Si. The van der Waals surface area contributed by atoms with E-state index < -0.39 is 14.3 Å². The molecule has 0 aromatic heterocycles. The van der Waals surface area contributed by atoms with Crippen LogP contribution in [0.1, 0.15) is 51.5 Å². The second kappa shape index (κ2) is 6.77. The molecule has 4 heteroatoms. The molecule has 1 aliphatic carbocycles. The lowest BCUT2D eigenvalue weighted by Crippen LogP contribution is -2.48. The highest BCUT2D eigenvalue weighted by molar-refractivity contribution is 6.74. The maximum Gasteiger partial charge on any atom is 0.307 e. The number of carboxylic acid groups (broad SMARTS) is 1. The molecule has 0 aliphatic heterocycles. The fraction of sp³-hybridized carbons (Fsp3) is 0.632. The molecule has 0 amide bonds. The fourth-order valence-electron chi connectivity index (χ4n) is 3.24. The fourth-order valence-corrected chi connectivity index (χ4v) is 4.62. The van der Waals surface area contributed by atoms with E-state index in [0.717, 1.165) is 24.8 Å². The number of carbonyl (C=O) groups is 1. The molecule has 0 radical (unpaired) electrons. The van der Waals surface area contributed by atoms with Crippen LogP contribution in [0.3, 0.4) is 0 Å². The van der Waals surface area contributed by atoms with E-state index in [0.29, 0.717) is 0 Å². The minimum absolute atomic E-state index is 0.00754. The van der Waals surface area contributed by atoms with Crippen LogP contribution in [0.25, 0.3) is 0 Å². The Kier molecular flexibility index (Phi) is 5.36. The Morgan fingerprint density at radius 3 is 2.30 bits per heavy atom. The summed E-state index contributed by atoms with van der Waals surface area (Å²) in [5, 5.41) is 9.83. The van der Waals surface area contributed by atoms with E-state index in [-0.39, 0.29) is 23.0 Å². The van der Waals surface area contributed by atoms with Crippen LogP contribution in [0.5, 0.6) is 0 Å². The van der Waals surface area contributed by atoms with E-state index in [1.807, 2.05) is 30.3 Å². The van der Waals surface area contributed by atoms with Gasteiger partial charge in [0.1, 0.15) is 0 Å². The van der Waals surface area contributed by atoms with Gasteiger partial charge in [0.25, 0.3) is 0 Å². The normalized spacial score (nSPS) is 26.0. The van der Waals surface area contributed by atoms with Gasteiger partial charge in [-0.15, -0.1) is 0 Å². The van der Waals surface area contributed by atoms with Crippen molar-refractivity contribution in [1.82, 2.24) is 0 Å². The number of rotatable bonds is 4. The molecule has 1 aliphatic rings. The van der Waals surface area contributed by atoms with Crippen LogP contribution in [-0.2, 0) is 9.22 Å². The highest BCUT2D eigenvalue weighted by Gasteiger charge is 2.45. The minimum Gasteiger partial charge on any atom is -0.481 e. The van der Waals surface area contributed by atoms with Crippen LogP contribution in [0.4, 0.5) is 0 Å². The molecule has 1 saturated carbocycles. The average Bonchev–Trinajstić information content (AvgIpc) is 2.46. The van der Waals surface area contributed by atoms with Gasteiger partial charge in [0.15, 0.2) is 8.32 Å². The Morgan fingerprint density at radius 1 is 1.17 bits per heavy atom. The molecule has 23 heavy (non-hydrogen) atoms. The van der Waals surface area contributed by atoms with Crippen molar-refractivity contribution >= 4 is 14.3 Å². The second-order valence-electron chi connectivity index (χ2n) is 8.23. The van der Waals surface area contributed by atoms with Gasteiger partial charge >= 0.3 is 5.97 Å². The Hall–Kier alpha value is -1.13. The quantitative estimate of drug-likeness (QED) is 0.784. The summed E-state index contributed by atoms with van der Waals surface area (Å²) < 4.78 is 6.67. The lowest BCUT2D eigenvalue weighted by atomic mass is 9.73. The van der Waals surface area contributed by atoms with Gasteiger partial charge in [0.2, 0.25) is 0 Å². The van der Waals surface area contributed by atoms with Crippen molar-refractivity contribution in [3.63, 3.8) is 0 Å². The first-order valence-electron chi connectivity index (χ1n) is 8.59. The van der Waals surface area contributed by atoms with Gasteiger partial charge in [0.05, 0.1) is 12.0 Å². The molecule has 1 aromatic rings. The molecular weight excluding hydrogens is 304 g/mol. The van der Waals surface area contributed by atoms with Crippen LogP contribution < -0.4 is 0 Å². The Bertz CT molecular complexity index is 533. The third kappa shape index (κ3) is 4.04. The molecule has 0 unspecified atom stereocenters. The summed E-state index contributed by atoms with van der Waals surface area (Å²) in [6.45, 7) is 11.2. The van der Waals surface area contributed by atoms with Crippen molar-refractivity contribution in [2.75, 3.05) is 0 Å². The first-order chi connectivity index (χ1) is 10.6. The van der Waals surface area contributed by atoms with Crippen LogP contribution >= 0.6 is 0 Å². The van der Waals surface area contributed by atoms with Gasteiger partial charge in [-0.3, -0.25) is 4.79 Å². The van der Waals surface area contributed by atoms with Crippen molar-refractivity contribution in [2.24, 2.45) is 5.92 Å². The third-order valence-electron chi connectivity index (χ3n) is 5.59. The SMILES string of the molecule is CC(C)(C)[Si](C)(C)O[C@H]1CCC[C@H](C(=O)O)[C@H]1c1ccccc1. The predicted molar refractivity (Wildman–Crippen MR) is 96.2 cm³/mol. The first kappa shape index (κ1) is 18.2. The summed E-state index contributed by atoms with van der Waals surface area (Å²) >= 11 is 0. The average molecular weight is 335 g/mol. The number of aliphatic carboxylic acids is 1. The second-order valence-corrected chi connectivity index (χ2v) is 13.0. The van der Waals surface area contributed by atoms with E-state index >= 15 is 0 Å². The molecule has 1 fully saturated rings. The van der Waals surface area contributed by atoms with Gasteiger partial charge in [-0.1, -0.05) is 57.5 Å². The predicted octanol–water partition coefficient (Wildman–Crippen LogP) is 5.05. The number of hydrogen-bond donors (Lipinski definition) is 1. The van der Waals surface area contributed by atoms with Crippen LogP contribution in [0, 0.1) is 5.92 Å². The molecule has 0 saturated heterocycles. The molecule has 3 nitrogen and oxygen atoms in total. The van der Waals surface area contributed by atoms with Gasteiger partial charge in [-0.05, 0) is 36.5 Å². The third-order valence-corrected chi connectivity index (χ3v) is 10.1. The topological polar surface area (TPSA) is 46.5 Å². The summed E-state index contributed by atoms with van der Waals surface area (Å²) in [6, 6.07) is 10.1. The van der Waals surface area contributed by atoms with Crippen molar-refractivity contribution in [1.29, 1.82) is 0 Å². The molecule has 1 aromatic carbocycles. The molecule has 3 atom stereocenters. The summed E-state index contributed by atoms with van der Waals surface area (Å²) in [6.07, 6.45) is 2.63. The summed E-state index contributed by atoms with van der Waals surface area (Å²) in [5.74, 6) is -1.08. The monoisotopic (exact) mass is 334 g/mol. The van der Waals surface area contributed by atoms with E-state index in [1.165, 1.54) is 0 Å². The van der Waals surface area contributed by atoms with E-state index in [9.17, 15) is 9.90 Å². The van der Waals surface area contributed by atoms with Gasteiger partial charge < -0.3 is 9.53 Å². The lowest BCUT2D eigenvalue weighted by molar-refractivity contribution is -0.145. The summed E-state index contributed by atoms with van der Waals surface area (Å²) in [4.78, 5) is 11.8. The summed E-state index contributed by atoms with van der Waals surface area (Å²) in [7, 11) is -1.92. The highest BCUT2D eigenvalue weighted by Crippen LogP contribution is 2.44. The van der Waals surface area contributed by atoms with E-state index in [4.69, 9.17) is 4.43 Å². The first-order valence-corrected chi connectivity index (χ1v) is 11.5. The molecule has 2 rings (SSSR count). The van der Waals surface area contributed by atoms with Crippen molar-refractivity contribution < 1.29 is 14.3 Å². The Morgan fingerprint density at radius 2 is 1.78 bits per heavy atom. The van der Waals surface area contributed by atoms with Crippen molar-refractivity contribution in [3.8, 4) is 0 Å². The van der Waals surface area contributed by atoms with Crippen LogP contribution in [0.2, 0.25) is 18.1 Å². The minimum atomic E-state index is -1.92. The molecule has 0 spiro atoms. The van der Waals surface area contributed by atoms with Crippen LogP contribution in [0.15, 0.2) is 30.3 Å². The molecule has 0 heterocycles. The Balaban J connectivity index is 2.34. The van der Waals surface area contributed by atoms with E-state index in [2.05, 4.69) is 33.9 Å². The van der Waals surface area contributed by atoms with Crippen molar-refractivity contribution in [2.45, 2.75) is 70.2 Å². The zero-order valence-corrected chi connectivity index (χ0v) is 16.0. The standard InChI is InChI=1S/C19H30O3Si/c1-19(2,3)23(4,5)22-16-13-9-12-15(18(20)21)17(16)14-10-7-6-8-11-14/h6-8,10-11,15-17H,9,12-13H2,1-5H3,(H,20,21)/t15-,16-,17+/m0/s1. The highest BCUT2D eigenvalue weighted by atomic mass is 28.4. The largest absolute Gasteiger partial charge is 0.481 e. The Labute approximate surface area is 141 Å². The van der Waals surface area contributed by atoms with Gasteiger partial charge in [-0.2, -0.15) is 0 Å². The molecule has 0 bridgehead atoms. The van der Waals surface area contributed by atoms with E-state index in [1.54, 1.807) is 0 Å². The molecule has 128 valence electrons. The van der Waals surface area contributed by atoms with Gasteiger partial charge in [0, 0.05) is 5.92 Å². The van der Waals surface area contributed by atoms with Gasteiger partial charge in [-0.25, -0.2) is 0 Å². The lowest BCUT2D eigenvalue weighted by Gasteiger charge is -2.44. The maximum atomic E-state index is 11.8. The number of hydrogen-bond acceptors (Lipinski definition) is 2. The van der Waals surface area contributed by atoms with Crippen LogP contribution in [-0.4, -0.2) is 25.5 Å². The number of carboxylic acids is 1. The molecule has 1 N–H and O–H groups in total. The maximum absolute atomic E-state index is 11.8. The summed E-state index contributed by atoms with van der Waals surface area (Å²) in [5.41, 5.74) is 1.10. The zero-order valence-electron chi connectivity index (χ0n) is 15.0. The number of benzene rings is 1. The smallest absolute Gasteiger partial charge is 0.307 e. The zero-order chi connectivity index (χ0) is 17.3. The van der Waals surface area contributed by atoms with Crippen molar-refractivity contribution in [3.05, 3.63) is 35.9 Å².